The number of fused-ring (bicyclic) bond motifs is 1. The van der Waals surface area contributed by atoms with E-state index in [0.717, 1.165) is 22.5 Å². The van der Waals surface area contributed by atoms with Crippen molar-refractivity contribution in [3.05, 3.63) is 70.0 Å². The van der Waals surface area contributed by atoms with Gasteiger partial charge in [-0.3, -0.25) is 0 Å². The van der Waals surface area contributed by atoms with Crippen LogP contribution in [0.15, 0.2) is 48.8 Å². The topological polar surface area (TPSA) is 70.4 Å². The standard InChI is InChI=1S/C21H20Cl2N4O2/c1-26-7-6-24-20(26)12-4-3-5-14(8-12)25-21(29)27(2)19-16-9-13(22)10-17(23)15(16)11-18(19)28/h3-10,18-19,28H,11H2,1-2H3,(H,25,29)/t18-,19+/m0/s1. The van der Waals surface area contributed by atoms with Crippen molar-refractivity contribution in [2.75, 3.05) is 12.4 Å². The maximum atomic E-state index is 12.9. The lowest BCUT2D eigenvalue weighted by Gasteiger charge is -2.28. The molecule has 0 unspecified atom stereocenters. The van der Waals surface area contributed by atoms with Crippen LogP contribution in [0.1, 0.15) is 17.2 Å². The third kappa shape index (κ3) is 3.71. The smallest absolute Gasteiger partial charge is 0.322 e. The summed E-state index contributed by atoms with van der Waals surface area (Å²) in [6.45, 7) is 0. The zero-order valence-corrected chi connectivity index (χ0v) is 17.4. The number of anilines is 1. The molecule has 0 fully saturated rings. The maximum Gasteiger partial charge on any atom is 0.322 e. The number of carbonyl (C=O) groups is 1. The number of urea groups is 1. The lowest BCUT2D eigenvalue weighted by molar-refractivity contribution is 0.0934. The van der Waals surface area contributed by atoms with Crippen LogP contribution in [0.3, 0.4) is 0 Å². The molecule has 0 saturated carbocycles. The van der Waals surface area contributed by atoms with Crippen LogP contribution in [0.25, 0.3) is 11.4 Å². The van der Waals surface area contributed by atoms with Crippen molar-refractivity contribution >= 4 is 34.9 Å². The minimum absolute atomic E-state index is 0.338. The van der Waals surface area contributed by atoms with Gasteiger partial charge in [-0.25, -0.2) is 9.78 Å². The summed E-state index contributed by atoms with van der Waals surface area (Å²) in [5, 5.41) is 14.5. The monoisotopic (exact) mass is 430 g/mol. The number of hydrogen-bond donors (Lipinski definition) is 2. The van der Waals surface area contributed by atoms with Crippen molar-refractivity contribution in [3.8, 4) is 11.4 Å². The number of hydrogen-bond acceptors (Lipinski definition) is 3. The number of amides is 2. The van der Waals surface area contributed by atoms with Crippen molar-refractivity contribution in [3.63, 3.8) is 0 Å². The molecule has 8 heteroatoms. The van der Waals surface area contributed by atoms with E-state index in [0.29, 0.717) is 22.2 Å². The predicted molar refractivity (Wildman–Crippen MR) is 114 cm³/mol. The van der Waals surface area contributed by atoms with E-state index in [1.165, 1.54) is 4.90 Å². The van der Waals surface area contributed by atoms with Gasteiger partial charge >= 0.3 is 6.03 Å². The summed E-state index contributed by atoms with van der Waals surface area (Å²) >= 11 is 12.4. The zero-order chi connectivity index (χ0) is 20.7. The van der Waals surface area contributed by atoms with E-state index in [-0.39, 0.29) is 6.03 Å². The molecule has 1 aliphatic carbocycles. The highest BCUT2D eigenvalue weighted by atomic mass is 35.5. The first kappa shape index (κ1) is 19.8. The van der Waals surface area contributed by atoms with Crippen LogP contribution in [0.5, 0.6) is 0 Å². The molecule has 4 rings (SSSR count). The Balaban J connectivity index is 1.57. The molecule has 0 spiro atoms. The first-order valence-corrected chi connectivity index (χ1v) is 9.88. The van der Waals surface area contributed by atoms with Crippen LogP contribution in [0.4, 0.5) is 10.5 Å². The van der Waals surface area contributed by atoms with Crippen molar-refractivity contribution in [2.24, 2.45) is 7.05 Å². The number of carbonyl (C=O) groups excluding carboxylic acids is 1. The van der Waals surface area contributed by atoms with E-state index < -0.39 is 12.1 Å². The average Bonchev–Trinajstić information content (AvgIpc) is 3.24. The van der Waals surface area contributed by atoms with Gasteiger partial charge in [-0.15, -0.1) is 0 Å². The van der Waals surface area contributed by atoms with Crippen LogP contribution in [-0.4, -0.2) is 38.7 Å². The number of imidazole rings is 1. The van der Waals surface area contributed by atoms with Gasteiger partial charge in [0.05, 0.1) is 12.1 Å². The average molecular weight is 431 g/mol. The number of nitrogens with zero attached hydrogens (tertiary/aromatic N) is 3. The third-order valence-electron chi connectivity index (χ3n) is 5.22. The molecule has 1 heterocycles. The molecule has 0 radical (unpaired) electrons. The molecule has 0 bridgehead atoms. The summed E-state index contributed by atoms with van der Waals surface area (Å²) in [5.41, 5.74) is 3.13. The quantitative estimate of drug-likeness (QED) is 0.641. The highest BCUT2D eigenvalue weighted by Gasteiger charge is 2.37. The van der Waals surface area contributed by atoms with Gasteiger partial charge in [-0.2, -0.15) is 0 Å². The molecule has 29 heavy (non-hydrogen) atoms. The number of aromatic nitrogens is 2. The molecular weight excluding hydrogens is 411 g/mol. The number of aliphatic hydroxyl groups is 1. The lowest BCUT2D eigenvalue weighted by Crippen LogP contribution is -2.38. The molecule has 0 aliphatic heterocycles. The molecule has 1 aliphatic rings. The number of nitrogens with one attached hydrogen (secondary N) is 1. The molecule has 2 amide bonds. The molecule has 0 saturated heterocycles. The Morgan fingerprint density at radius 1 is 1.31 bits per heavy atom. The minimum atomic E-state index is -0.754. The fourth-order valence-corrected chi connectivity index (χ4v) is 4.40. The summed E-state index contributed by atoms with van der Waals surface area (Å²) in [7, 11) is 3.56. The number of aryl methyl sites for hydroxylation is 1. The second-order valence-corrected chi connectivity index (χ2v) is 8.00. The Labute approximate surface area is 178 Å². The van der Waals surface area contributed by atoms with Crippen molar-refractivity contribution in [2.45, 2.75) is 18.6 Å². The van der Waals surface area contributed by atoms with Crippen molar-refractivity contribution in [1.29, 1.82) is 0 Å². The highest BCUT2D eigenvalue weighted by Crippen LogP contribution is 2.41. The van der Waals surface area contributed by atoms with Gasteiger partial charge in [0.15, 0.2) is 0 Å². The second-order valence-electron chi connectivity index (χ2n) is 7.16. The highest BCUT2D eigenvalue weighted by molar-refractivity contribution is 6.35. The molecule has 2 aromatic carbocycles. The fourth-order valence-electron chi connectivity index (χ4n) is 3.82. The van der Waals surface area contributed by atoms with Gasteiger partial charge < -0.3 is 19.9 Å². The first-order chi connectivity index (χ1) is 13.8. The number of benzene rings is 2. The van der Waals surface area contributed by atoms with Crippen LogP contribution in [0, 0.1) is 0 Å². The molecule has 1 aromatic heterocycles. The van der Waals surface area contributed by atoms with E-state index in [2.05, 4.69) is 10.3 Å². The Hall–Kier alpha value is -2.54. The molecule has 2 atom stereocenters. The van der Waals surface area contributed by atoms with Gasteiger partial charge in [0.2, 0.25) is 0 Å². The number of halogens is 2. The minimum Gasteiger partial charge on any atom is -0.390 e. The molecule has 2 N–H and O–H groups in total. The van der Waals surface area contributed by atoms with Gasteiger partial charge in [-0.05, 0) is 35.4 Å². The zero-order valence-electron chi connectivity index (χ0n) is 15.9. The van der Waals surface area contributed by atoms with Crippen LogP contribution in [-0.2, 0) is 13.5 Å². The Morgan fingerprint density at radius 3 is 2.83 bits per heavy atom. The van der Waals surface area contributed by atoms with Crippen molar-refractivity contribution in [1.82, 2.24) is 14.5 Å². The molecular formula is C21H20Cl2N4O2. The van der Waals surface area contributed by atoms with E-state index in [1.54, 1.807) is 25.4 Å². The summed E-state index contributed by atoms with van der Waals surface area (Å²) in [5.74, 6) is 0.805. The van der Waals surface area contributed by atoms with Gasteiger partial charge in [0.1, 0.15) is 5.82 Å². The maximum absolute atomic E-state index is 12.9. The van der Waals surface area contributed by atoms with Crippen molar-refractivity contribution < 1.29 is 9.90 Å². The van der Waals surface area contributed by atoms with E-state index >= 15 is 0 Å². The predicted octanol–water partition coefficient (Wildman–Crippen LogP) is 4.52. The molecule has 6 nitrogen and oxygen atoms in total. The SMILES string of the molecule is CN(C(=O)Nc1cccc(-c2nccn2C)c1)[C@@H]1c2cc(Cl)cc(Cl)c2C[C@@H]1O. The van der Waals surface area contributed by atoms with Gasteiger partial charge in [-0.1, -0.05) is 35.3 Å². The van der Waals surface area contributed by atoms with Gasteiger partial charge in [0, 0.05) is 54.2 Å². The first-order valence-electron chi connectivity index (χ1n) is 9.12. The van der Waals surface area contributed by atoms with E-state index in [1.807, 2.05) is 42.1 Å². The largest absolute Gasteiger partial charge is 0.390 e. The van der Waals surface area contributed by atoms with Crippen LogP contribution >= 0.6 is 23.2 Å². The van der Waals surface area contributed by atoms with Gasteiger partial charge in [0.25, 0.3) is 0 Å². The number of aliphatic hydroxyl groups excluding tert-OH is 1. The van der Waals surface area contributed by atoms with E-state index in [9.17, 15) is 9.90 Å². The fraction of sp³-hybridized carbons (Fsp3) is 0.238. The lowest BCUT2D eigenvalue weighted by atomic mass is 10.1. The third-order valence-corrected chi connectivity index (χ3v) is 5.78. The van der Waals surface area contributed by atoms with Crippen LogP contribution < -0.4 is 5.32 Å². The second kappa shape index (κ2) is 7.71. The Kier molecular flexibility index (Phi) is 5.25. The van der Waals surface area contributed by atoms with Crippen LogP contribution in [0.2, 0.25) is 10.0 Å². The number of rotatable bonds is 3. The molecule has 150 valence electrons. The molecule has 3 aromatic rings. The summed E-state index contributed by atoms with van der Waals surface area (Å²) in [6, 6.07) is 10.0. The Morgan fingerprint density at radius 2 is 2.10 bits per heavy atom. The Bertz CT molecular complexity index is 1080. The van der Waals surface area contributed by atoms with E-state index in [4.69, 9.17) is 23.2 Å². The number of likely N-dealkylation sites (N-methyl/N-ethyl adjacent to an activating group) is 1. The summed E-state index contributed by atoms with van der Waals surface area (Å²) in [6.07, 6.45) is 3.21. The summed E-state index contributed by atoms with van der Waals surface area (Å²) < 4.78 is 1.91. The normalized spacial score (nSPS) is 17.8. The summed E-state index contributed by atoms with van der Waals surface area (Å²) in [4.78, 5) is 18.7.